The van der Waals surface area contributed by atoms with Crippen molar-refractivity contribution in [1.29, 1.82) is 0 Å². The van der Waals surface area contributed by atoms with Crippen molar-refractivity contribution >= 4 is 29.7 Å². The molecule has 4 aliphatic rings. The first-order valence-electron chi connectivity index (χ1n) is 13.3. The van der Waals surface area contributed by atoms with Gasteiger partial charge in [-0.25, -0.2) is 0 Å². The minimum atomic E-state index is -1.91. The number of aliphatic hydroxyl groups excluding tert-OH is 1. The second kappa shape index (κ2) is 9.63. The van der Waals surface area contributed by atoms with Gasteiger partial charge in [0, 0.05) is 51.9 Å². The molecule has 0 aromatic carbocycles. The van der Waals surface area contributed by atoms with Gasteiger partial charge in [0.1, 0.15) is 23.9 Å². The van der Waals surface area contributed by atoms with E-state index < -0.39 is 88.1 Å². The molecule has 2 saturated carbocycles. The van der Waals surface area contributed by atoms with Gasteiger partial charge in [-0.05, 0) is 25.0 Å². The molecule has 0 radical (unpaired) electrons. The van der Waals surface area contributed by atoms with E-state index in [0.717, 1.165) is 20.8 Å². The molecule has 0 amide bonds. The van der Waals surface area contributed by atoms with E-state index in [1.807, 2.05) is 0 Å². The van der Waals surface area contributed by atoms with E-state index in [1.165, 1.54) is 13.8 Å². The molecule has 1 saturated heterocycles. The second-order valence-corrected chi connectivity index (χ2v) is 12.2. The lowest BCUT2D eigenvalue weighted by Gasteiger charge is -2.61. The summed E-state index contributed by atoms with van der Waals surface area (Å²) in [5, 5.41) is 24.1. The van der Waals surface area contributed by atoms with Crippen LogP contribution in [0.5, 0.6) is 0 Å². The highest BCUT2D eigenvalue weighted by atomic mass is 16.6. The Morgan fingerprint density at radius 1 is 0.925 bits per heavy atom. The Bertz CT molecular complexity index is 1190. The first kappa shape index (κ1) is 30.1. The van der Waals surface area contributed by atoms with Crippen molar-refractivity contribution in [3.63, 3.8) is 0 Å². The third-order valence-corrected chi connectivity index (χ3v) is 9.53. The first-order valence-corrected chi connectivity index (χ1v) is 13.3. The highest BCUT2D eigenvalue weighted by Gasteiger charge is 2.78. The summed E-state index contributed by atoms with van der Waals surface area (Å²) in [5.74, 6) is -4.85. The molecule has 1 aliphatic heterocycles. The Labute approximate surface area is 232 Å². The summed E-state index contributed by atoms with van der Waals surface area (Å²) in [6.45, 7) is 10.8. The lowest BCUT2D eigenvalue weighted by molar-refractivity contribution is -0.247. The number of ketones is 1. The van der Waals surface area contributed by atoms with Gasteiger partial charge in [-0.1, -0.05) is 13.8 Å². The summed E-state index contributed by atoms with van der Waals surface area (Å²) in [6, 6.07) is 0. The predicted octanol–water partition coefficient (Wildman–Crippen LogP) is 0.930. The van der Waals surface area contributed by atoms with E-state index in [4.69, 9.17) is 23.7 Å². The molecule has 40 heavy (non-hydrogen) atoms. The van der Waals surface area contributed by atoms with Crippen molar-refractivity contribution in [2.75, 3.05) is 6.61 Å². The van der Waals surface area contributed by atoms with Crippen LogP contribution < -0.4 is 0 Å². The van der Waals surface area contributed by atoms with Gasteiger partial charge in [0.15, 0.2) is 17.5 Å². The van der Waals surface area contributed by atoms with Crippen molar-refractivity contribution in [2.24, 2.45) is 16.7 Å². The maximum atomic E-state index is 14.8. The molecular weight excluding hydrogens is 528 g/mol. The molecule has 0 aromatic rings. The zero-order valence-electron chi connectivity index (χ0n) is 24.1. The number of rotatable bonds is 4. The van der Waals surface area contributed by atoms with Crippen molar-refractivity contribution in [3.8, 4) is 0 Å². The van der Waals surface area contributed by atoms with Gasteiger partial charge < -0.3 is 33.9 Å². The number of carbonyl (C=O) groups is 5. The Morgan fingerprint density at radius 3 is 2.02 bits per heavy atom. The van der Waals surface area contributed by atoms with Crippen LogP contribution in [0.15, 0.2) is 11.1 Å². The Kier molecular flexibility index (Phi) is 7.25. The standard InChI is InChI=1S/C28H38O12/c1-12-17(37-13(2)29)10-28(35)24-22-26(8,23(34)21(39-15(4)31)20(12)25(28,6)7)19(38-14(3)30)9-18(33)27(22,11-36-24)40-16(5)32/h17-19,21-22,24,33,35H,9-11H2,1-8H3/t17-,18+,19-,21+,22-,24-,26+,27-,28+/m0/s1. The smallest absolute Gasteiger partial charge is 0.303 e. The molecule has 2 bridgehead atoms. The fraction of sp³-hybridized carbons (Fsp3) is 0.750. The predicted molar refractivity (Wildman–Crippen MR) is 134 cm³/mol. The average molecular weight is 567 g/mol. The summed E-state index contributed by atoms with van der Waals surface area (Å²) in [6.07, 6.45) is -7.03. The van der Waals surface area contributed by atoms with Gasteiger partial charge in [0.25, 0.3) is 0 Å². The van der Waals surface area contributed by atoms with Gasteiger partial charge in [-0.2, -0.15) is 0 Å². The minimum absolute atomic E-state index is 0.169. The van der Waals surface area contributed by atoms with Crippen LogP contribution in [0.25, 0.3) is 0 Å². The number of carbonyl (C=O) groups excluding carboxylic acids is 5. The van der Waals surface area contributed by atoms with Gasteiger partial charge in [0.05, 0.1) is 18.1 Å². The zero-order chi connectivity index (χ0) is 30.2. The van der Waals surface area contributed by atoms with Crippen LogP contribution in [-0.2, 0) is 47.7 Å². The molecule has 0 spiro atoms. The highest BCUT2D eigenvalue weighted by molar-refractivity contribution is 5.95. The summed E-state index contributed by atoms with van der Waals surface area (Å²) >= 11 is 0. The number of hydrogen-bond acceptors (Lipinski definition) is 12. The zero-order valence-corrected chi connectivity index (χ0v) is 24.1. The number of aliphatic hydroxyl groups is 2. The number of Topliss-reactive ketones (excluding diaryl/α,β-unsaturated/α-hetero) is 1. The van der Waals surface area contributed by atoms with Crippen LogP contribution in [-0.4, -0.2) is 88.2 Å². The number of fused-ring (bicyclic) bond motifs is 3. The van der Waals surface area contributed by atoms with E-state index in [9.17, 15) is 34.2 Å². The number of esters is 4. The summed E-state index contributed by atoms with van der Waals surface area (Å²) in [5.41, 5.74) is -6.15. The van der Waals surface area contributed by atoms with Crippen LogP contribution in [0, 0.1) is 16.7 Å². The van der Waals surface area contributed by atoms with E-state index in [-0.39, 0.29) is 25.0 Å². The molecule has 2 N–H and O–H groups in total. The van der Waals surface area contributed by atoms with Gasteiger partial charge in [0.2, 0.25) is 0 Å². The molecule has 12 heteroatoms. The third-order valence-electron chi connectivity index (χ3n) is 9.53. The van der Waals surface area contributed by atoms with Crippen molar-refractivity contribution in [2.45, 2.75) is 110 Å². The Hall–Kier alpha value is -2.83. The average Bonchev–Trinajstić information content (AvgIpc) is 3.20. The number of ether oxygens (including phenoxy) is 5. The quantitative estimate of drug-likeness (QED) is 0.281. The summed E-state index contributed by atoms with van der Waals surface area (Å²) in [4.78, 5) is 64.0. The van der Waals surface area contributed by atoms with Gasteiger partial charge >= 0.3 is 23.9 Å². The third kappa shape index (κ3) is 4.09. The molecule has 9 atom stereocenters. The van der Waals surface area contributed by atoms with Crippen molar-refractivity contribution < 1.29 is 57.9 Å². The van der Waals surface area contributed by atoms with Gasteiger partial charge in [-0.15, -0.1) is 0 Å². The van der Waals surface area contributed by atoms with Crippen molar-refractivity contribution in [3.05, 3.63) is 11.1 Å². The van der Waals surface area contributed by atoms with Crippen LogP contribution >= 0.6 is 0 Å². The second-order valence-electron chi connectivity index (χ2n) is 12.2. The fourth-order valence-corrected chi connectivity index (χ4v) is 7.78. The van der Waals surface area contributed by atoms with E-state index in [1.54, 1.807) is 20.8 Å². The van der Waals surface area contributed by atoms with Crippen LogP contribution in [0.2, 0.25) is 0 Å². The topological polar surface area (TPSA) is 172 Å². The summed E-state index contributed by atoms with van der Waals surface area (Å²) in [7, 11) is 0. The lowest BCUT2D eigenvalue weighted by atomic mass is 9.46. The fourth-order valence-electron chi connectivity index (χ4n) is 7.78. The van der Waals surface area contributed by atoms with Crippen LogP contribution in [0.3, 0.4) is 0 Å². The normalized spacial score (nSPS) is 41.7. The molecule has 222 valence electrons. The van der Waals surface area contributed by atoms with E-state index in [2.05, 4.69) is 0 Å². The maximum absolute atomic E-state index is 14.8. The van der Waals surface area contributed by atoms with Crippen molar-refractivity contribution in [1.82, 2.24) is 0 Å². The van der Waals surface area contributed by atoms with Crippen LogP contribution in [0.1, 0.15) is 68.2 Å². The van der Waals surface area contributed by atoms with E-state index >= 15 is 0 Å². The van der Waals surface area contributed by atoms with Crippen LogP contribution in [0.4, 0.5) is 0 Å². The molecule has 1 heterocycles. The minimum Gasteiger partial charge on any atom is -0.461 e. The molecule has 0 aromatic heterocycles. The molecule has 12 nitrogen and oxygen atoms in total. The van der Waals surface area contributed by atoms with E-state index in [0.29, 0.717) is 5.57 Å². The SMILES string of the molecule is CC(=O)O[C@H]1C(=O)[C@]2(C)[C@@H](OC(C)=O)C[C@@H](O)[C@@]3(OC(C)=O)CO[C@@H]([C@H]32)[C@]2(O)C[C@H](OC(C)=O)C(C)=C1C2(C)C. The monoisotopic (exact) mass is 566 g/mol. The largest absolute Gasteiger partial charge is 0.461 e. The maximum Gasteiger partial charge on any atom is 0.303 e. The Balaban J connectivity index is 2.11. The highest BCUT2D eigenvalue weighted by Crippen LogP contribution is 2.65. The molecule has 3 aliphatic carbocycles. The molecule has 4 rings (SSSR count). The lowest BCUT2D eigenvalue weighted by Crippen LogP contribution is -2.75. The molecule has 3 fully saturated rings. The molecular formula is C28H38O12. The number of hydrogen-bond donors (Lipinski definition) is 2. The summed E-state index contributed by atoms with van der Waals surface area (Å²) < 4.78 is 28.9. The van der Waals surface area contributed by atoms with Gasteiger partial charge in [-0.3, -0.25) is 24.0 Å². The molecule has 0 unspecified atom stereocenters. The Morgan fingerprint density at radius 2 is 1.50 bits per heavy atom. The first-order chi connectivity index (χ1) is 18.3.